The molecule has 7 heteroatoms. The minimum absolute atomic E-state index is 0.0652. The second-order valence-electron chi connectivity index (χ2n) is 4.36. The first-order valence-electron chi connectivity index (χ1n) is 6.78. The van der Waals surface area contributed by atoms with E-state index in [0.717, 1.165) is 0 Å². The van der Waals surface area contributed by atoms with Gasteiger partial charge in [-0.05, 0) is 34.0 Å². The second-order valence-corrected chi connectivity index (χ2v) is 5.16. The Labute approximate surface area is 129 Å². The molecule has 0 fully saturated rings. The van der Waals surface area contributed by atoms with E-state index in [1.54, 1.807) is 20.8 Å². The van der Waals surface area contributed by atoms with Gasteiger partial charge in [0, 0.05) is 6.54 Å². The lowest BCUT2D eigenvalue weighted by Gasteiger charge is -2.21. The highest BCUT2D eigenvalue weighted by atomic mass is 32.2. The van der Waals surface area contributed by atoms with Crippen LogP contribution in [0.5, 0.6) is 0 Å². The molecule has 0 aromatic carbocycles. The van der Waals surface area contributed by atoms with Crippen LogP contribution in [0.25, 0.3) is 0 Å². The van der Waals surface area contributed by atoms with Crippen molar-refractivity contribution in [3.8, 4) is 0 Å². The van der Waals surface area contributed by atoms with Gasteiger partial charge in [0.15, 0.2) is 0 Å². The van der Waals surface area contributed by atoms with Crippen molar-refractivity contribution >= 4 is 23.6 Å². The molecule has 1 rings (SSSR count). The molecule has 6 nitrogen and oxygen atoms in total. The summed E-state index contributed by atoms with van der Waals surface area (Å²) in [6.45, 7) is 7.77. The third-order valence-electron chi connectivity index (χ3n) is 2.87. The van der Waals surface area contributed by atoms with Gasteiger partial charge in [-0.1, -0.05) is 0 Å². The van der Waals surface area contributed by atoms with Crippen molar-refractivity contribution in [1.29, 1.82) is 0 Å². The second kappa shape index (κ2) is 7.97. The van der Waals surface area contributed by atoms with Gasteiger partial charge in [-0.3, -0.25) is 9.59 Å². The highest BCUT2D eigenvalue weighted by Crippen LogP contribution is 2.22. The third-order valence-corrected chi connectivity index (χ3v) is 3.55. The quantitative estimate of drug-likeness (QED) is 0.453. The summed E-state index contributed by atoms with van der Waals surface area (Å²) in [4.78, 5) is 34.2. The van der Waals surface area contributed by atoms with Crippen LogP contribution in [-0.4, -0.2) is 52.7 Å². The van der Waals surface area contributed by atoms with E-state index in [1.165, 1.54) is 16.7 Å². The topological polar surface area (TPSA) is 72.4 Å². The van der Waals surface area contributed by atoms with Crippen LogP contribution in [0.1, 0.15) is 35.7 Å². The number of nitrogens with zero attached hydrogens (tertiary/aromatic N) is 3. The number of hydrogen-bond donors (Lipinski definition) is 0. The highest BCUT2D eigenvalue weighted by Gasteiger charge is 2.24. The van der Waals surface area contributed by atoms with Crippen LogP contribution in [0.15, 0.2) is 5.03 Å². The number of carbonyl (C=O) groups excluding carboxylic acids is 2. The van der Waals surface area contributed by atoms with E-state index < -0.39 is 5.97 Å². The number of esters is 1. The van der Waals surface area contributed by atoms with Crippen LogP contribution in [0.2, 0.25) is 0 Å². The molecule has 0 aliphatic heterocycles. The van der Waals surface area contributed by atoms with Crippen molar-refractivity contribution in [3.63, 3.8) is 0 Å². The van der Waals surface area contributed by atoms with Gasteiger partial charge in [0.1, 0.15) is 17.4 Å². The number of carbonyl (C=O) groups is 2. The maximum absolute atomic E-state index is 12.7. The first-order valence-corrected chi connectivity index (χ1v) is 8.01. The van der Waals surface area contributed by atoms with Gasteiger partial charge >= 0.3 is 5.97 Å². The van der Waals surface area contributed by atoms with E-state index in [9.17, 15) is 9.59 Å². The minimum atomic E-state index is -0.413. The largest absolute Gasteiger partial charge is 0.465 e. The number of hydrogen-bond acceptors (Lipinski definition) is 6. The fourth-order valence-electron chi connectivity index (χ4n) is 1.92. The molecule has 0 atom stereocenters. The number of amides is 1. The number of rotatable bonds is 6. The maximum atomic E-state index is 12.7. The van der Waals surface area contributed by atoms with Gasteiger partial charge in [-0.15, -0.1) is 11.8 Å². The number of ether oxygens (including phenoxy) is 1. The lowest BCUT2D eigenvalue weighted by Crippen LogP contribution is -2.37. The van der Waals surface area contributed by atoms with Crippen molar-refractivity contribution in [2.75, 3.05) is 26.0 Å². The molecule has 1 aromatic rings. The molecule has 21 heavy (non-hydrogen) atoms. The normalized spacial score (nSPS) is 10.3. The van der Waals surface area contributed by atoms with Crippen LogP contribution in [0, 0.1) is 13.8 Å². The fourth-order valence-corrected chi connectivity index (χ4v) is 2.59. The molecule has 0 N–H and O–H groups in total. The van der Waals surface area contributed by atoms with Crippen molar-refractivity contribution < 1.29 is 14.3 Å². The van der Waals surface area contributed by atoms with Gasteiger partial charge in [0.2, 0.25) is 0 Å². The van der Waals surface area contributed by atoms with Gasteiger partial charge in [0.05, 0.1) is 17.9 Å². The van der Waals surface area contributed by atoms with E-state index in [2.05, 4.69) is 9.97 Å². The summed E-state index contributed by atoms with van der Waals surface area (Å²) in [5, 5.41) is 0.632. The molecule has 0 spiro atoms. The zero-order chi connectivity index (χ0) is 16.0. The monoisotopic (exact) mass is 311 g/mol. The lowest BCUT2D eigenvalue weighted by molar-refractivity contribution is -0.143. The van der Waals surface area contributed by atoms with Gasteiger partial charge < -0.3 is 9.64 Å². The SMILES string of the molecule is CCOC(=O)CN(CC)C(=O)c1c(C)nc(C)nc1SC. The molecule has 0 saturated heterocycles. The zero-order valence-electron chi connectivity index (χ0n) is 13.1. The number of aromatic nitrogens is 2. The Kier molecular flexibility index (Phi) is 6.61. The van der Waals surface area contributed by atoms with Gasteiger partial charge in [-0.25, -0.2) is 9.97 Å². The predicted octanol–water partition coefficient (Wildman–Crippen LogP) is 1.84. The van der Waals surface area contributed by atoms with Crippen LogP contribution < -0.4 is 0 Å². The predicted molar refractivity (Wildman–Crippen MR) is 81.5 cm³/mol. The molecule has 0 aliphatic rings. The van der Waals surface area contributed by atoms with Crippen LogP contribution in [0.4, 0.5) is 0 Å². The summed E-state index contributed by atoms with van der Waals surface area (Å²) in [5.41, 5.74) is 1.08. The summed E-state index contributed by atoms with van der Waals surface area (Å²) in [6, 6.07) is 0. The lowest BCUT2D eigenvalue weighted by atomic mass is 10.2. The molecule has 1 amide bonds. The Morgan fingerprint density at radius 3 is 2.43 bits per heavy atom. The standard InChI is InChI=1S/C14H21N3O3S/c1-6-17(8-11(18)20-7-2)14(19)12-9(3)15-10(4)16-13(12)21-5/h6-8H2,1-5H3. The van der Waals surface area contributed by atoms with E-state index in [1.807, 2.05) is 13.2 Å². The Bertz CT molecular complexity index is 534. The Morgan fingerprint density at radius 2 is 1.90 bits per heavy atom. The molecule has 0 unspecified atom stereocenters. The average Bonchev–Trinajstić information content (AvgIpc) is 2.43. The summed E-state index contributed by atoms with van der Waals surface area (Å²) in [7, 11) is 0. The summed E-state index contributed by atoms with van der Waals surface area (Å²) >= 11 is 1.39. The van der Waals surface area contributed by atoms with Crippen molar-refractivity contribution in [2.24, 2.45) is 0 Å². The Morgan fingerprint density at radius 1 is 1.24 bits per heavy atom. The zero-order valence-corrected chi connectivity index (χ0v) is 13.9. The Balaban J connectivity index is 3.08. The Hall–Kier alpha value is -1.63. The first kappa shape index (κ1) is 17.4. The molecule has 0 radical (unpaired) electrons. The van der Waals surface area contributed by atoms with E-state index in [0.29, 0.717) is 35.3 Å². The molecule has 0 aliphatic carbocycles. The third kappa shape index (κ3) is 4.42. The molecule has 0 saturated carbocycles. The summed E-state index contributed by atoms with van der Waals surface area (Å²) in [5.74, 6) is -0.0293. The number of thioether (sulfide) groups is 1. The van der Waals surface area contributed by atoms with Crippen molar-refractivity contribution in [2.45, 2.75) is 32.7 Å². The van der Waals surface area contributed by atoms with Crippen molar-refractivity contribution in [3.05, 3.63) is 17.1 Å². The molecular weight excluding hydrogens is 290 g/mol. The molecular formula is C14H21N3O3S. The molecule has 116 valence electrons. The minimum Gasteiger partial charge on any atom is -0.465 e. The molecule has 1 aromatic heterocycles. The van der Waals surface area contributed by atoms with E-state index >= 15 is 0 Å². The maximum Gasteiger partial charge on any atom is 0.325 e. The number of likely N-dealkylation sites (N-methyl/N-ethyl adjacent to an activating group) is 1. The fraction of sp³-hybridized carbons (Fsp3) is 0.571. The summed E-state index contributed by atoms with van der Waals surface area (Å²) < 4.78 is 4.90. The van der Waals surface area contributed by atoms with Gasteiger partial charge in [-0.2, -0.15) is 0 Å². The highest BCUT2D eigenvalue weighted by molar-refractivity contribution is 7.98. The first-order chi connectivity index (χ1) is 9.94. The molecule has 0 bridgehead atoms. The summed E-state index contributed by atoms with van der Waals surface area (Å²) in [6.07, 6.45) is 1.86. The van der Waals surface area contributed by atoms with E-state index in [-0.39, 0.29) is 12.5 Å². The average molecular weight is 311 g/mol. The van der Waals surface area contributed by atoms with Crippen LogP contribution in [-0.2, 0) is 9.53 Å². The van der Waals surface area contributed by atoms with Crippen LogP contribution >= 0.6 is 11.8 Å². The smallest absolute Gasteiger partial charge is 0.325 e. The van der Waals surface area contributed by atoms with Crippen LogP contribution in [0.3, 0.4) is 0 Å². The van der Waals surface area contributed by atoms with Gasteiger partial charge in [0.25, 0.3) is 5.91 Å². The van der Waals surface area contributed by atoms with E-state index in [4.69, 9.17) is 4.74 Å². The molecule has 1 heterocycles. The number of aryl methyl sites for hydroxylation is 2. The van der Waals surface area contributed by atoms with Crippen molar-refractivity contribution in [1.82, 2.24) is 14.9 Å².